The van der Waals surface area contributed by atoms with Crippen LogP contribution in [0.1, 0.15) is 56.6 Å². The molecule has 5 rings (SSSR count). The van der Waals surface area contributed by atoms with Crippen LogP contribution in [0.15, 0.2) is 24.3 Å². The highest BCUT2D eigenvalue weighted by molar-refractivity contribution is 5.87. The van der Waals surface area contributed by atoms with Gasteiger partial charge in [0.15, 0.2) is 0 Å². The SMILES string of the molecule is N#CC1CCCN1C(=O)[C@@H](N)CN1C[C@@H]2CC1C(=O)N2C(c1ccc(F)cc1)C1CCCC1. The lowest BCUT2D eigenvalue weighted by molar-refractivity contribution is -0.142. The highest BCUT2D eigenvalue weighted by Crippen LogP contribution is 2.45. The van der Waals surface area contributed by atoms with Crippen molar-refractivity contribution >= 4 is 11.8 Å². The third kappa shape index (κ3) is 4.02. The van der Waals surface area contributed by atoms with Crippen molar-refractivity contribution in [2.24, 2.45) is 11.7 Å². The molecule has 0 spiro atoms. The number of benzene rings is 1. The normalized spacial score (nSPS) is 29.6. The average molecular weight is 454 g/mol. The van der Waals surface area contributed by atoms with Gasteiger partial charge in [-0.05, 0) is 55.7 Å². The Bertz CT molecular complexity index is 941. The van der Waals surface area contributed by atoms with Crippen LogP contribution in [-0.4, -0.2) is 70.3 Å². The van der Waals surface area contributed by atoms with E-state index in [9.17, 15) is 19.2 Å². The van der Waals surface area contributed by atoms with Crippen molar-refractivity contribution in [1.29, 1.82) is 5.26 Å². The van der Waals surface area contributed by atoms with Crippen LogP contribution in [0.3, 0.4) is 0 Å². The fraction of sp³-hybridized carbons (Fsp3) is 0.640. The van der Waals surface area contributed by atoms with E-state index >= 15 is 0 Å². The van der Waals surface area contributed by atoms with Gasteiger partial charge in [0, 0.05) is 25.7 Å². The van der Waals surface area contributed by atoms with Crippen molar-refractivity contribution in [2.45, 2.75) is 75.2 Å². The van der Waals surface area contributed by atoms with Crippen LogP contribution in [0.2, 0.25) is 0 Å². The Morgan fingerprint density at radius 3 is 2.58 bits per heavy atom. The summed E-state index contributed by atoms with van der Waals surface area (Å²) in [5.41, 5.74) is 7.28. The van der Waals surface area contributed by atoms with E-state index in [-0.39, 0.29) is 35.8 Å². The lowest BCUT2D eigenvalue weighted by Crippen LogP contribution is -2.57. The maximum Gasteiger partial charge on any atom is 0.241 e. The van der Waals surface area contributed by atoms with Gasteiger partial charge in [-0.1, -0.05) is 25.0 Å². The molecule has 176 valence electrons. The molecule has 7 nitrogen and oxygen atoms in total. The molecular weight excluding hydrogens is 421 g/mol. The predicted molar refractivity (Wildman–Crippen MR) is 120 cm³/mol. The Balaban J connectivity index is 1.29. The van der Waals surface area contributed by atoms with Gasteiger partial charge in [0.05, 0.1) is 24.2 Å². The topological polar surface area (TPSA) is 93.7 Å². The van der Waals surface area contributed by atoms with Gasteiger partial charge in [-0.3, -0.25) is 14.5 Å². The summed E-state index contributed by atoms with van der Waals surface area (Å²) in [5, 5.41) is 9.29. The molecule has 1 aromatic rings. The summed E-state index contributed by atoms with van der Waals surface area (Å²) in [5.74, 6) is 0.0401. The van der Waals surface area contributed by atoms with Crippen molar-refractivity contribution < 1.29 is 14.0 Å². The Morgan fingerprint density at radius 2 is 1.91 bits per heavy atom. The molecule has 4 aliphatic rings. The van der Waals surface area contributed by atoms with Crippen LogP contribution in [0.5, 0.6) is 0 Å². The number of hydrogen-bond donors (Lipinski definition) is 1. The van der Waals surface area contributed by atoms with Crippen molar-refractivity contribution in [3.05, 3.63) is 35.6 Å². The van der Waals surface area contributed by atoms with Gasteiger partial charge in [0.25, 0.3) is 0 Å². The minimum atomic E-state index is -0.734. The zero-order chi connectivity index (χ0) is 23.1. The summed E-state index contributed by atoms with van der Waals surface area (Å²) in [6.45, 7) is 1.60. The van der Waals surface area contributed by atoms with Gasteiger partial charge in [0.2, 0.25) is 11.8 Å². The smallest absolute Gasteiger partial charge is 0.241 e. The number of nitriles is 1. The van der Waals surface area contributed by atoms with Crippen molar-refractivity contribution in [1.82, 2.24) is 14.7 Å². The van der Waals surface area contributed by atoms with E-state index < -0.39 is 12.1 Å². The minimum absolute atomic E-state index is 0.0194. The van der Waals surface area contributed by atoms with Crippen LogP contribution in [0, 0.1) is 23.1 Å². The Morgan fingerprint density at radius 1 is 1.18 bits per heavy atom. The summed E-state index contributed by atoms with van der Waals surface area (Å²) in [7, 11) is 0. The van der Waals surface area contributed by atoms with Crippen LogP contribution in [0.4, 0.5) is 4.39 Å². The number of nitrogens with zero attached hydrogens (tertiary/aromatic N) is 4. The molecule has 3 saturated heterocycles. The molecular formula is C25H32FN5O2. The highest BCUT2D eigenvalue weighted by Gasteiger charge is 2.53. The number of piperazine rings is 1. The lowest BCUT2D eigenvalue weighted by Gasteiger charge is -2.42. The van der Waals surface area contributed by atoms with E-state index in [1.165, 1.54) is 25.0 Å². The maximum absolute atomic E-state index is 13.6. The Labute approximate surface area is 194 Å². The first-order valence-electron chi connectivity index (χ1n) is 12.3. The molecule has 5 atom stereocenters. The molecule has 2 bridgehead atoms. The summed E-state index contributed by atoms with van der Waals surface area (Å²) in [4.78, 5) is 32.1. The number of nitrogens with two attached hydrogens (primary N) is 1. The van der Waals surface area contributed by atoms with E-state index in [1.807, 2.05) is 12.1 Å². The molecule has 3 unspecified atom stereocenters. The quantitative estimate of drug-likeness (QED) is 0.713. The number of halogens is 1. The zero-order valence-corrected chi connectivity index (χ0v) is 18.9. The van der Waals surface area contributed by atoms with Crippen molar-refractivity contribution in [3.63, 3.8) is 0 Å². The first-order valence-corrected chi connectivity index (χ1v) is 12.3. The van der Waals surface area contributed by atoms with E-state index in [0.29, 0.717) is 32.0 Å². The fourth-order valence-corrected chi connectivity index (χ4v) is 6.56. The molecule has 1 aliphatic carbocycles. The first-order chi connectivity index (χ1) is 16.0. The monoisotopic (exact) mass is 453 g/mol. The number of hydrogen-bond acceptors (Lipinski definition) is 5. The van der Waals surface area contributed by atoms with Gasteiger partial charge in [-0.2, -0.15) is 5.26 Å². The standard InChI is InChI=1S/C25H32FN5O2/c26-18-9-7-17(8-10-18)23(16-4-1-2-5-16)31-20-12-22(25(31)33)29(14-20)15-21(28)24(32)30-11-3-6-19(30)13-27/h7-10,16,19-23H,1-6,11-12,14-15,28H2/t19?,20-,21-,22?,23?/m0/s1. The van der Waals surface area contributed by atoms with Crippen LogP contribution in [0.25, 0.3) is 0 Å². The molecule has 2 N–H and O–H groups in total. The van der Waals surface area contributed by atoms with Crippen LogP contribution in [-0.2, 0) is 9.59 Å². The van der Waals surface area contributed by atoms with Gasteiger partial charge in [-0.15, -0.1) is 0 Å². The Hall–Kier alpha value is -2.50. The molecule has 8 heteroatoms. The minimum Gasteiger partial charge on any atom is -0.330 e. The van der Waals surface area contributed by atoms with E-state index in [2.05, 4.69) is 15.9 Å². The highest BCUT2D eigenvalue weighted by atomic mass is 19.1. The third-order valence-electron chi connectivity index (χ3n) is 8.11. The molecule has 3 aliphatic heterocycles. The Kier molecular flexibility index (Phi) is 6.11. The maximum atomic E-state index is 13.6. The average Bonchev–Trinajstić information content (AvgIpc) is 3.60. The summed E-state index contributed by atoms with van der Waals surface area (Å²) in [6, 6.07) is 7.49. The molecule has 0 radical (unpaired) electrons. The summed E-state index contributed by atoms with van der Waals surface area (Å²) < 4.78 is 13.6. The fourth-order valence-electron chi connectivity index (χ4n) is 6.56. The van der Waals surface area contributed by atoms with Gasteiger partial charge >= 0.3 is 0 Å². The number of carbonyl (C=O) groups excluding carboxylic acids is 2. The molecule has 1 saturated carbocycles. The van der Waals surface area contributed by atoms with Gasteiger partial charge < -0.3 is 15.5 Å². The molecule has 2 amide bonds. The number of likely N-dealkylation sites (tertiary alicyclic amines) is 3. The molecule has 33 heavy (non-hydrogen) atoms. The zero-order valence-electron chi connectivity index (χ0n) is 18.9. The second-order valence-electron chi connectivity index (χ2n) is 10.1. The molecule has 3 heterocycles. The predicted octanol–water partition coefficient (Wildman–Crippen LogP) is 2.18. The van der Waals surface area contributed by atoms with Gasteiger partial charge in [0.1, 0.15) is 11.9 Å². The molecule has 1 aromatic carbocycles. The first kappa shape index (κ1) is 22.3. The largest absolute Gasteiger partial charge is 0.330 e. The van der Waals surface area contributed by atoms with Crippen LogP contribution >= 0.6 is 0 Å². The van der Waals surface area contributed by atoms with E-state index in [1.54, 1.807) is 4.90 Å². The van der Waals surface area contributed by atoms with Crippen molar-refractivity contribution in [2.75, 3.05) is 19.6 Å². The number of fused-ring (bicyclic) bond motifs is 2. The second-order valence-corrected chi connectivity index (χ2v) is 10.1. The number of amides is 2. The lowest BCUT2D eigenvalue weighted by atomic mass is 9.89. The summed E-state index contributed by atoms with van der Waals surface area (Å²) in [6.07, 6.45) is 6.77. The third-order valence-corrected chi connectivity index (χ3v) is 8.11. The summed E-state index contributed by atoms with van der Waals surface area (Å²) >= 11 is 0. The van der Waals surface area contributed by atoms with Crippen LogP contribution < -0.4 is 5.73 Å². The number of carbonyl (C=O) groups is 2. The van der Waals surface area contributed by atoms with Gasteiger partial charge in [-0.25, -0.2) is 4.39 Å². The van der Waals surface area contributed by atoms with E-state index in [4.69, 9.17) is 5.73 Å². The number of rotatable bonds is 6. The van der Waals surface area contributed by atoms with E-state index in [0.717, 1.165) is 31.2 Å². The molecule has 4 fully saturated rings. The van der Waals surface area contributed by atoms with Crippen molar-refractivity contribution in [3.8, 4) is 6.07 Å². The second kappa shape index (κ2) is 9.03. The molecule has 0 aromatic heterocycles.